The zero-order valence-corrected chi connectivity index (χ0v) is 18.6. The number of aromatic nitrogens is 3. The third-order valence-corrected chi connectivity index (χ3v) is 5.58. The average Bonchev–Trinajstić information content (AvgIpc) is 3.25. The maximum Gasteiger partial charge on any atom is 0.243 e. The summed E-state index contributed by atoms with van der Waals surface area (Å²) in [5.74, 6) is -0.338. The predicted molar refractivity (Wildman–Crippen MR) is 121 cm³/mol. The van der Waals surface area contributed by atoms with Crippen LogP contribution in [0.2, 0.25) is 5.02 Å². The molecule has 0 saturated carbocycles. The second kappa shape index (κ2) is 9.55. The van der Waals surface area contributed by atoms with Crippen molar-refractivity contribution in [2.75, 3.05) is 32.8 Å². The molecule has 0 aliphatic carbocycles. The summed E-state index contributed by atoms with van der Waals surface area (Å²) in [6.45, 7) is 4.21. The monoisotopic (exact) mass is 473 g/mol. The molecule has 2 N–H and O–H groups in total. The number of carbonyl (C=O) groups is 1. The van der Waals surface area contributed by atoms with Gasteiger partial charge in [-0.1, -0.05) is 18.2 Å². The van der Waals surface area contributed by atoms with Crippen LogP contribution in [0.5, 0.6) is 11.5 Å². The Bertz CT molecular complexity index is 1200. The Balaban J connectivity index is 1.63. The molecular weight excluding hydrogens is 453 g/mol. The largest absolute Gasteiger partial charge is 0.495 e. The van der Waals surface area contributed by atoms with Crippen molar-refractivity contribution >= 4 is 34.4 Å². The number of hydrogen-bond donors (Lipinski definition) is 2. The number of hydrogen-bond acceptors (Lipinski definition) is 8. The van der Waals surface area contributed by atoms with Gasteiger partial charge in [0, 0.05) is 17.6 Å². The van der Waals surface area contributed by atoms with Crippen LogP contribution in [0.15, 0.2) is 37.2 Å². The number of fused-ring (bicyclic) bond motifs is 1. The Morgan fingerprint density at radius 1 is 1.21 bits per heavy atom. The minimum atomic E-state index is -0.650. The van der Waals surface area contributed by atoms with Gasteiger partial charge in [0.1, 0.15) is 5.75 Å². The molecule has 1 fully saturated rings. The van der Waals surface area contributed by atoms with Gasteiger partial charge in [-0.15, -0.1) is 0 Å². The van der Waals surface area contributed by atoms with Gasteiger partial charge in [-0.25, -0.2) is 14.4 Å². The standard InChI is InChI=1S/C22H21ClFN5O4/c1-4-18(30)27-14-9-33-10-15(14)29-22-26-7-11-5-12(25-8-13(11)28-22)19-20(23)16(31-2)6-17(32-3)21(19)24/h4-8,14-15H,1,9-10H2,2-3H3,(H,27,30)(H,26,28,29)/t14-,15+/m0/s1. The summed E-state index contributed by atoms with van der Waals surface area (Å²) in [5.41, 5.74) is 0.872. The van der Waals surface area contributed by atoms with Crippen LogP contribution >= 0.6 is 11.6 Å². The smallest absolute Gasteiger partial charge is 0.243 e. The Kier molecular flexibility index (Phi) is 6.57. The van der Waals surface area contributed by atoms with E-state index in [1.54, 1.807) is 12.3 Å². The van der Waals surface area contributed by atoms with E-state index in [0.29, 0.717) is 30.1 Å². The Morgan fingerprint density at radius 3 is 2.70 bits per heavy atom. The van der Waals surface area contributed by atoms with E-state index in [1.807, 2.05) is 0 Å². The SMILES string of the molecule is C=CC(=O)N[C@H]1COC[C@H]1Nc1ncc2cc(-c3c(F)c(OC)cc(OC)c3Cl)ncc2n1. The van der Waals surface area contributed by atoms with Crippen molar-refractivity contribution < 1.29 is 23.4 Å². The van der Waals surface area contributed by atoms with Crippen LogP contribution in [0.25, 0.3) is 22.2 Å². The summed E-state index contributed by atoms with van der Waals surface area (Å²) in [7, 11) is 2.79. The zero-order valence-electron chi connectivity index (χ0n) is 17.9. The zero-order chi connectivity index (χ0) is 23.5. The van der Waals surface area contributed by atoms with Crippen molar-refractivity contribution in [2.24, 2.45) is 0 Å². The van der Waals surface area contributed by atoms with Crippen molar-refractivity contribution in [1.29, 1.82) is 0 Å². The van der Waals surface area contributed by atoms with Crippen LogP contribution in [-0.4, -0.2) is 60.4 Å². The highest BCUT2D eigenvalue weighted by Crippen LogP contribution is 2.41. The third kappa shape index (κ3) is 4.53. The molecule has 1 aliphatic rings. The number of carbonyl (C=O) groups excluding carboxylic acids is 1. The summed E-state index contributed by atoms with van der Waals surface area (Å²) in [6.07, 6.45) is 4.30. The summed E-state index contributed by atoms with van der Waals surface area (Å²) >= 11 is 6.36. The molecule has 33 heavy (non-hydrogen) atoms. The van der Waals surface area contributed by atoms with Gasteiger partial charge >= 0.3 is 0 Å². The number of anilines is 1. The number of pyridine rings is 1. The fraction of sp³-hybridized carbons (Fsp3) is 0.273. The number of halogens is 2. The summed E-state index contributed by atoms with van der Waals surface area (Å²) in [4.78, 5) is 24.8. The lowest BCUT2D eigenvalue weighted by Crippen LogP contribution is -2.45. The molecule has 3 aromatic rings. The van der Waals surface area contributed by atoms with E-state index in [9.17, 15) is 9.18 Å². The van der Waals surface area contributed by atoms with Gasteiger partial charge < -0.3 is 24.8 Å². The molecule has 2 atom stereocenters. The van der Waals surface area contributed by atoms with E-state index >= 15 is 0 Å². The van der Waals surface area contributed by atoms with E-state index in [-0.39, 0.29) is 45.8 Å². The number of nitrogens with one attached hydrogen (secondary N) is 2. The lowest BCUT2D eigenvalue weighted by molar-refractivity contribution is -0.117. The number of benzene rings is 1. The van der Waals surface area contributed by atoms with Crippen LogP contribution in [0.4, 0.5) is 10.3 Å². The fourth-order valence-corrected chi connectivity index (χ4v) is 3.81. The van der Waals surface area contributed by atoms with Gasteiger partial charge in [0.15, 0.2) is 11.6 Å². The fourth-order valence-electron chi connectivity index (χ4n) is 3.50. The first kappa shape index (κ1) is 22.7. The summed E-state index contributed by atoms with van der Waals surface area (Å²) in [6, 6.07) is 2.55. The van der Waals surface area contributed by atoms with Crippen LogP contribution in [0.1, 0.15) is 0 Å². The first-order valence-corrected chi connectivity index (χ1v) is 10.3. The number of rotatable bonds is 7. The van der Waals surface area contributed by atoms with E-state index in [1.165, 1.54) is 32.6 Å². The first-order chi connectivity index (χ1) is 15.9. The second-order valence-electron chi connectivity index (χ2n) is 7.21. The van der Waals surface area contributed by atoms with Gasteiger partial charge in [-0.05, 0) is 12.1 Å². The Morgan fingerprint density at radius 2 is 1.97 bits per heavy atom. The number of methoxy groups -OCH3 is 2. The Labute approximate surface area is 193 Å². The van der Waals surface area contributed by atoms with Crippen molar-refractivity contribution in [3.63, 3.8) is 0 Å². The van der Waals surface area contributed by atoms with E-state index in [4.69, 9.17) is 25.8 Å². The molecular formula is C22H21ClFN5O4. The van der Waals surface area contributed by atoms with Crippen LogP contribution in [-0.2, 0) is 9.53 Å². The molecule has 1 amide bonds. The lowest BCUT2D eigenvalue weighted by Gasteiger charge is -2.19. The minimum Gasteiger partial charge on any atom is -0.495 e. The molecule has 4 rings (SSSR count). The highest BCUT2D eigenvalue weighted by Gasteiger charge is 2.29. The van der Waals surface area contributed by atoms with Crippen molar-refractivity contribution in [3.8, 4) is 22.8 Å². The molecule has 0 radical (unpaired) electrons. The molecule has 0 spiro atoms. The van der Waals surface area contributed by atoms with Gasteiger partial charge in [-0.2, -0.15) is 0 Å². The van der Waals surface area contributed by atoms with E-state index in [2.05, 4.69) is 32.2 Å². The minimum absolute atomic E-state index is 0.0131. The molecule has 3 heterocycles. The van der Waals surface area contributed by atoms with Crippen LogP contribution in [0.3, 0.4) is 0 Å². The van der Waals surface area contributed by atoms with Gasteiger partial charge in [0.2, 0.25) is 11.9 Å². The van der Waals surface area contributed by atoms with Crippen molar-refractivity contribution in [3.05, 3.63) is 48.0 Å². The molecule has 0 bridgehead atoms. The second-order valence-corrected chi connectivity index (χ2v) is 7.59. The molecule has 11 heteroatoms. The number of amides is 1. The highest BCUT2D eigenvalue weighted by atomic mass is 35.5. The maximum absolute atomic E-state index is 15.0. The lowest BCUT2D eigenvalue weighted by atomic mass is 10.1. The molecule has 9 nitrogen and oxygen atoms in total. The van der Waals surface area contributed by atoms with Crippen molar-refractivity contribution in [1.82, 2.24) is 20.3 Å². The van der Waals surface area contributed by atoms with Crippen LogP contribution < -0.4 is 20.1 Å². The molecule has 1 aliphatic heterocycles. The van der Waals surface area contributed by atoms with E-state index in [0.717, 1.165) is 0 Å². The molecule has 1 saturated heterocycles. The molecule has 172 valence electrons. The van der Waals surface area contributed by atoms with Gasteiger partial charge in [-0.3, -0.25) is 9.78 Å². The predicted octanol–water partition coefficient (Wildman–Crippen LogP) is 2.98. The van der Waals surface area contributed by atoms with E-state index < -0.39 is 5.82 Å². The molecule has 1 aromatic carbocycles. The summed E-state index contributed by atoms with van der Waals surface area (Å²) < 4.78 is 30.8. The van der Waals surface area contributed by atoms with Crippen molar-refractivity contribution in [2.45, 2.75) is 12.1 Å². The first-order valence-electron chi connectivity index (χ1n) is 9.95. The maximum atomic E-state index is 15.0. The van der Waals surface area contributed by atoms with Gasteiger partial charge in [0.05, 0.1) is 67.5 Å². The Hall–Kier alpha value is -3.50. The summed E-state index contributed by atoms with van der Waals surface area (Å²) in [5, 5.41) is 6.69. The normalized spacial score (nSPS) is 17.6. The van der Waals surface area contributed by atoms with Crippen LogP contribution in [0, 0.1) is 5.82 Å². The topological polar surface area (TPSA) is 107 Å². The average molecular weight is 474 g/mol. The number of nitrogens with zero attached hydrogens (tertiary/aromatic N) is 3. The third-order valence-electron chi connectivity index (χ3n) is 5.20. The molecule has 2 aromatic heterocycles. The number of ether oxygens (including phenoxy) is 3. The highest BCUT2D eigenvalue weighted by molar-refractivity contribution is 6.35. The molecule has 0 unspecified atom stereocenters. The quantitative estimate of drug-likeness (QED) is 0.504. The van der Waals surface area contributed by atoms with Gasteiger partial charge in [0.25, 0.3) is 0 Å².